The fraction of sp³-hybridized carbons (Fsp3) is 0.519. The van der Waals surface area contributed by atoms with Crippen LogP contribution in [0.1, 0.15) is 80.2 Å². The molecular formula is C27H31IN4O3. The molecule has 0 aliphatic heterocycles. The van der Waals surface area contributed by atoms with Crippen LogP contribution in [0.3, 0.4) is 0 Å². The second kappa shape index (κ2) is 9.59. The highest BCUT2D eigenvalue weighted by Crippen LogP contribution is 2.37. The first-order chi connectivity index (χ1) is 17.1. The average molecular weight is 586 g/mol. The molecule has 35 heavy (non-hydrogen) atoms. The van der Waals surface area contributed by atoms with Crippen molar-refractivity contribution in [3.63, 3.8) is 0 Å². The number of alkyl halides is 1. The lowest BCUT2D eigenvalue weighted by Crippen LogP contribution is -2.25. The Morgan fingerprint density at radius 1 is 1.09 bits per heavy atom. The first-order valence-corrected chi connectivity index (χ1v) is 14.4. The Bertz CT molecular complexity index is 1300. The molecule has 3 saturated carbocycles. The van der Waals surface area contributed by atoms with Crippen molar-refractivity contribution in [1.29, 1.82) is 0 Å². The number of hydrogen-bond acceptors (Lipinski definition) is 4. The van der Waals surface area contributed by atoms with Gasteiger partial charge >= 0.3 is 0 Å². The van der Waals surface area contributed by atoms with E-state index < -0.39 is 0 Å². The highest BCUT2D eigenvalue weighted by molar-refractivity contribution is 14.1. The van der Waals surface area contributed by atoms with Crippen LogP contribution in [0.15, 0.2) is 41.5 Å². The maximum absolute atomic E-state index is 13.4. The average Bonchev–Trinajstić information content (AvgIpc) is 3.79. The van der Waals surface area contributed by atoms with Crippen LogP contribution in [0.2, 0.25) is 0 Å². The summed E-state index contributed by atoms with van der Waals surface area (Å²) >= 11 is 2.47. The number of carbonyl (C=O) groups excluding carboxylic acids is 1. The molecule has 1 amide bonds. The molecule has 0 radical (unpaired) electrons. The van der Waals surface area contributed by atoms with Crippen LogP contribution in [-0.2, 0) is 0 Å². The Morgan fingerprint density at radius 3 is 2.57 bits per heavy atom. The van der Waals surface area contributed by atoms with Crippen LogP contribution >= 0.6 is 22.6 Å². The first kappa shape index (κ1) is 23.1. The van der Waals surface area contributed by atoms with Gasteiger partial charge in [0.05, 0.1) is 23.2 Å². The van der Waals surface area contributed by atoms with Crippen molar-refractivity contribution >= 4 is 45.1 Å². The molecule has 8 heteroatoms. The smallest absolute Gasteiger partial charge is 0.274 e. The topological polar surface area (TPSA) is 78.2 Å². The van der Waals surface area contributed by atoms with Crippen molar-refractivity contribution in [3.8, 4) is 5.75 Å². The predicted octanol–water partition coefficient (Wildman–Crippen LogP) is 5.88. The monoisotopic (exact) mass is 586 g/mol. The molecule has 0 saturated heterocycles. The number of rotatable bonds is 8. The molecule has 3 aromatic rings. The number of pyridine rings is 1. The van der Waals surface area contributed by atoms with Gasteiger partial charge in [0.2, 0.25) is 0 Å². The number of nitrogens with one attached hydrogen (secondary N) is 1. The molecule has 0 bridgehead atoms. The lowest BCUT2D eigenvalue weighted by molar-refractivity contribution is 0.102. The van der Waals surface area contributed by atoms with E-state index in [0.29, 0.717) is 23.0 Å². The summed E-state index contributed by atoms with van der Waals surface area (Å²) in [6.45, 7) is 0. The predicted molar refractivity (Wildman–Crippen MR) is 145 cm³/mol. The molecule has 0 unspecified atom stereocenters. The van der Waals surface area contributed by atoms with Crippen molar-refractivity contribution < 1.29 is 9.53 Å². The summed E-state index contributed by atoms with van der Waals surface area (Å²) in [5.74, 6) is 1.07. The number of hydrogen-bond donors (Lipinski definition) is 1. The summed E-state index contributed by atoms with van der Waals surface area (Å²) in [5, 5.41) is 8.66. The highest BCUT2D eigenvalue weighted by Gasteiger charge is 2.29. The molecule has 6 rings (SSSR count). The fourth-order valence-corrected chi connectivity index (χ4v) is 6.07. The molecule has 1 aromatic carbocycles. The first-order valence-electron chi connectivity index (χ1n) is 12.9. The van der Waals surface area contributed by atoms with E-state index in [0.717, 1.165) is 55.3 Å². The van der Waals surface area contributed by atoms with Crippen molar-refractivity contribution in [2.24, 2.45) is 5.92 Å². The number of nitrogens with zero attached hydrogens (tertiary/aromatic N) is 3. The van der Waals surface area contributed by atoms with Crippen LogP contribution < -0.4 is 15.6 Å². The number of amides is 1. The van der Waals surface area contributed by atoms with E-state index in [1.807, 2.05) is 18.2 Å². The Morgan fingerprint density at radius 2 is 1.86 bits per heavy atom. The van der Waals surface area contributed by atoms with Crippen LogP contribution in [0.5, 0.6) is 5.75 Å². The summed E-state index contributed by atoms with van der Waals surface area (Å²) in [5.41, 5.74) is 1.46. The van der Waals surface area contributed by atoms with E-state index in [1.54, 1.807) is 16.8 Å². The van der Waals surface area contributed by atoms with Gasteiger partial charge in [-0.3, -0.25) is 14.3 Å². The third kappa shape index (κ3) is 4.99. The standard InChI is InChI=1S/C27H31IN4O3/c28-12-11-17-3-5-20(6-4-17)32-16-18-14-22(25(15-24(18)30-32)35-21-9-10-21)26(33)29-23-2-1-13-31(27(23)34)19-7-8-19/h1-2,13-17,19-21H,3-12H2,(H,29,33). The largest absolute Gasteiger partial charge is 0.490 e. The minimum absolute atomic E-state index is 0.151. The van der Waals surface area contributed by atoms with Gasteiger partial charge in [-0.25, -0.2) is 0 Å². The zero-order valence-electron chi connectivity index (χ0n) is 19.8. The second-order valence-electron chi connectivity index (χ2n) is 10.3. The van der Waals surface area contributed by atoms with Gasteiger partial charge in [-0.15, -0.1) is 0 Å². The Hall–Kier alpha value is -2.36. The number of carbonyl (C=O) groups is 1. The van der Waals surface area contributed by atoms with E-state index in [2.05, 4.69) is 38.8 Å². The summed E-state index contributed by atoms with van der Waals surface area (Å²) in [4.78, 5) is 26.2. The number of fused-ring (bicyclic) bond motifs is 1. The van der Waals surface area contributed by atoms with Gasteiger partial charge in [0.1, 0.15) is 11.4 Å². The molecule has 0 spiro atoms. The Balaban J connectivity index is 1.27. The van der Waals surface area contributed by atoms with Crippen LogP contribution in [0.4, 0.5) is 5.69 Å². The van der Waals surface area contributed by atoms with Gasteiger partial charge in [-0.1, -0.05) is 22.6 Å². The molecule has 0 atom stereocenters. The summed E-state index contributed by atoms with van der Waals surface area (Å²) in [7, 11) is 0. The molecule has 3 aliphatic carbocycles. The third-order valence-electron chi connectivity index (χ3n) is 7.56. The van der Waals surface area contributed by atoms with E-state index >= 15 is 0 Å². The maximum Gasteiger partial charge on any atom is 0.274 e. The van der Waals surface area contributed by atoms with Crippen molar-refractivity contribution in [2.45, 2.75) is 76.0 Å². The lowest BCUT2D eigenvalue weighted by atomic mass is 9.85. The van der Waals surface area contributed by atoms with Gasteiger partial charge in [0.15, 0.2) is 0 Å². The lowest BCUT2D eigenvalue weighted by Gasteiger charge is -2.28. The zero-order chi connectivity index (χ0) is 23.9. The molecule has 184 valence electrons. The number of benzene rings is 1. The van der Waals surface area contributed by atoms with Gasteiger partial charge in [-0.05, 0) is 86.3 Å². The van der Waals surface area contributed by atoms with E-state index in [9.17, 15) is 9.59 Å². The van der Waals surface area contributed by atoms with Crippen LogP contribution in [-0.4, -0.2) is 30.8 Å². The second-order valence-corrected chi connectivity index (χ2v) is 11.4. The van der Waals surface area contributed by atoms with Crippen LogP contribution in [0.25, 0.3) is 10.9 Å². The van der Waals surface area contributed by atoms with Crippen molar-refractivity contribution in [1.82, 2.24) is 14.3 Å². The highest BCUT2D eigenvalue weighted by atomic mass is 127. The summed E-state index contributed by atoms with van der Waals surface area (Å²) in [6, 6.07) is 7.92. The molecule has 3 aliphatic rings. The van der Waals surface area contributed by atoms with Crippen molar-refractivity contribution in [2.75, 3.05) is 9.74 Å². The molecule has 7 nitrogen and oxygen atoms in total. The molecule has 3 fully saturated rings. The van der Waals surface area contributed by atoms with E-state index in [-0.39, 0.29) is 23.6 Å². The van der Waals surface area contributed by atoms with Gasteiger partial charge in [0.25, 0.3) is 11.5 Å². The zero-order valence-corrected chi connectivity index (χ0v) is 21.9. The van der Waals surface area contributed by atoms with Gasteiger partial charge < -0.3 is 14.6 Å². The fourth-order valence-electron chi connectivity index (χ4n) is 5.19. The van der Waals surface area contributed by atoms with Gasteiger partial charge in [0, 0.05) is 29.9 Å². The number of ether oxygens (including phenoxy) is 1. The Labute approximate surface area is 218 Å². The maximum atomic E-state index is 13.4. The molecule has 1 N–H and O–H groups in total. The number of aromatic nitrogens is 3. The summed E-state index contributed by atoms with van der Waals surface area (Å²) in [6.07, 6.45) is 14.1. The number of halogens is 1. The third-order valence-corrected chi connectivity index (χ3v) is 8.18. The molecule has 2 aromatic heterocycles. The van der Waals surface area contributed by atoms with E-state index in [4.69, 9.17) is 9.84 Å². The van der Waals surface area contributed by atoms with Crippen LogP contribution in [0, 0.1) is 5.92 Å². The Kier molecular flexibility index (Phi) is 6.32. The van der Waals surface area contributed by atoms with Gasteiger partial charge in [-0.2, -0.15) is 5.10 Å². The minimum Gasteiger partial charge on any atom is -0.490 e. The summed E-state index contributed by atoms with van der Waals surface area (Å²) < 4.78 is 11.2. The number of anilines is 1. The quantitative estimate of drug-likeness (QED) is 0.264. The molecular weight excluding hydrogens is 555 g/mol. The minimum atomic E-state index is -0.319. The van der Waals surface area contributed by atoms with Crippen molar-refractivity contribution in [3.05, 3.63) is 52.6 Å². The molecule has 2 heterocycles. The van der Waals surface area contributed by atoms with E-state index in [1.165, 1.54) is 23.7 Å². The SMILES string of the molecule is O=C(Nc1cccn(C2CC2)c1=O)c1cc2cn(C3CCC(CCI)CC3)nc2cc1OC1CC1. The normalized spacial score (nSPS) is 22.3.